The summed E-state index contributed by atoms with van der Waals surface area (Å²) in [6.07, 6.45) is 4.01. The molecule has 92 valence electrons. The zero-order valence-electron chi connectivity index (χ0n) is 10.5. The molecule has 1 aliphatic carbocycles. The van der Waals surface area contributed by atoms with Crippen molar-refractivity contribution in [1.29, 1.82) is 0 Å². The molecule has 16 heavy (non-hydrogen) atoms. The second-order valence-electron chi connectivity index (χ2n) is 4.77. The van der Waals surface area contributed by atoms with Crippen molar-refractivity contribution in [3.8, 4) is 0 Å². The van der Waals surface area contributed by atoms with Gasteiger partial charge in [0.1, 0.15) is 5.60 Å². The van der Waals surface area contributed by atoms with Crippen molar-refractivity contribution in [2.24, 2.45) is 0 Å². The van der Waals surface area contributed by atoms with Crippen LogP contribution in [-0.2, 0) is 14.3 Å². The zero-order valence-corrected chi connectivity index (χ0v) is 10.5. The van der Waals surface area contributed by atoms with Gasteiger partial charge in [0.15, 0.2) is 0 Å². The van der Waals surface area contributed by atoms with E-state index in [0.29, 0.717) is 11.7 Å². The van der Waals surface area contributed by atoms with Crippen LogP contribution in [0.4, 0.5) is 0 Å². The van der Waals surface area contributed by atoms with Crippen LogP contribution >= 0.6 is 0 Å². The molecule has 0 atom stereocenters. The lowest BCUT2D eigenvalue weighted by Crippen LogP contribution is -2.38. The van der Waals surface area contributed by atoms with E-state index in [1.54, 1.807) is 6.92 Å². The van der Waals surface area contributed by atoms with Crippen molar-refractivity contribution in [1.82, 2.24) is 0 Å². The van der Waals surface area contributed by atoms with E-state index in [9.17, 15) is 4.79 Å². The summed E-state index contributed by atoms with van der Waals surface area (Å²) in [7, 11) is 0. The van der Waals surface area contributed by atoms with Crippen LogP contribution in [0.2, 0.25) is 0 Å². The number of ether oxygens (including phenoxy) is 2. The molecule has 0 bridgehead atoms. The van der Waals surface area contributed by atoms with Crippen LogP contribution in [0.15, 0.2) is 12.2 Å². The second-order valence-corrected chi connectivity index (χ2v) is 4.77. The average Bonchev–Trinajstić information content (AvgIpc) is 2.22. The highest BCUT2D eigenvalue weighted by Gasteiger charge is 2.34. The number of hydrogen-bond donors (Lipinski definition) is 0. The van der Waals surface area contributed by atoms with Crippen molar-refractivity contribution >= 4 is 5.97 Å². The maximum absolute atomic E-state index is 11.5. The van der Waals surface area contributed by atoms with E-state index in [1.165, 1.54) is 0 Å². The van der Waals surface area contributed by atoms with Gasteiger partial charge in [-0.05, 0) is 46.5 Å². The Morgan fingerprint density at radius 2 is 2.00 bits per heavy atom. The van der Waals surface area contributed by atoms with Gasteiger partial charge in [0.2, 0.25) is 0 Å². The quantitative estimate of drug-likeness (QED) is 0.546. The number of carbonyl (C=O) groups excluding carboxylic acids is 1. The SMILES string of the molecule is C=C(C)C(=O)OC1(C)CCC(OCC)CC1. The summed E-state index contributed by atoms with van der Waals surface area (Å²) in [5.74, 6) is -0.280. The number of carbonyl (C=O) groups is 1. The van der Waals surface area contributed by atoms with Gasteiger partial charge < -0.3 is 9.47 Å². The van der Waals surface area contributed by atoms with Crippen molar-refractivity contribution < 1.29 is 14.3 Å². The van der Waals surface area contributed by atoms with Crippen molar-refractivity contribution in [3.05, 3.63) is 12.2 Å². The Morgan fingerprint density at radius 3 is 2.44 bits per heavy atom. The van der Waals surface area contributed by atoms with Crippen LogP contribution < -0.4 is 0 Å². The van der Waals surface area contributed by atoms with Crippen LogP contribution in [-0.4, -0.2) is 24.3 Å². The highest BCUT2D eigenvalue weighted by molar-refractivity contribution is 5.87. The Bertz CT molecular complexity index is 262. The lowest BCUT2D eigenvalue weighted by atomic mass is 9.84. The van der Waals surface area contributed by atoms with Gasteiger partial charge in [-0.3, -0.25) is 0 Å². The van der Waals surface area contributed by atoms with Crippen LogP contribution in [0.3, 0.4) is 0 Å². The molecule has 0 aromatic rings. The second kappa shape index (κ2) is 5.48. The molecule has 3 nitrogen and oxygen atoms in total. The molecule has 0 aromatic carbocycles. The lowest BCUT2D eigenvalue weighted by Gasteiger charge is -2.36. The number of esters is 1. The molecule has 0 heterocycles. The topological polar surface area (TPSA) is 35.5 Å². The molecule has 0 aliphatic heterocycles. The Kier molecular flexibility index (Phi) is 4.54. The third kappa shape index (κ3) is 3.63. The van der Waals surface area contributed by atoms with E-state index in [1.807, 2.05) is 13.8 Å². The summed E-state index contributed by atoms with van der Waals surface area (Å²) >= 11 is 0. The summed E-state index contributed by atoms with van der Waals surface area (Å²) in [5.41, 5.74) is 0.136. The molecule has 0 spiro atoms. The zero-order chi connectivity index (χ0) is 12.2. The fourth-order valence-corrected chi connectivity index (χ4v) is 2.02. The standard InChI is InChI=1S/C13H22O3/c1-5-15-11-6-8-13(4,9-7-11)16-12(14)10(2)3/h11H,2,5-9H2,1,3-4H3. The minimum absolute atomic E-state index is 0.280. The third-order valence-electron chi connectivity index (χ3n) is 3.08. The van der Waals surface area contributed by atoms with E-state index in [0.717, 1.165) is 32.3 Å². The molecule has 1 saturated carbocycles. The van der Waals surface area contributed by atoms with Gasteiger partial charge in [-0.15, -0.1) is 0 Å². The van der Waals surface area contributed by atoms with E-state index in [2.05, 4.69) is 6.58 Å². The normalized spacial score (nSPS) is 29.8. The largest absolute Gasteiger partial charge is 0.456 e. The maximum Gasteiger partial charge on any atom is 0.333 e. The van der Waals surface area contributed by atoms with Crippen molar-refractivity contribution in [2.75, 3.05) is 6.61 Å². The predicted octanol–water partition coefficient (Wildman–Crippen LogP) is 2.84. The van der Waals surface area contributed by atoms with Gasteiger partial charge in [0.05, 0.1) is 6.10 Å². The van der Waals surface area contributed by atoms with E-state index in [-0.39, 0.29) is 11.6 Å². The predicted molar refractivity (Wildman–Crippen MR) is 63.2 cm³/mol. The van der Waals surface area contributed by atoms with E-state index < -0.39 is 0 Å². The van der Waals surface area contributed by atoms with Crippen LogP contribution in [0.5, 0.6) is 0 Å². The fourth-order valence-electron chi connectivity index (χ4n) is 2.02. The minimum Gasteiger partial charge on any atom is -0.456 e. The highest BCUT2D eigenvalue weighted by Crippen LogP contribution is 2.33. The van der Waals surface area contributed by atoms with Gasteiger partial charge in [0.25, 0.3) is 0 Å². The molecule has 1 rings (SSSR count). The molecule has 3 heteroatoms. The van der Waals surface area contributed by atoms with Crippen LogP contribution in [0.25, 0.3) is 0 Å². The molecule has 0 unspecified atom stereocenters. The Balaban J connectivity index is 2.43. The molecule has 0 radical (unpaired) electrons. The van der Waals surface area contributed by atoms with Crippen molar-refractivity contribution in [3.63, 3.8) is 0 Å². The number of rotatable bonds is 4. The highest BCUT2D eigenvalue weighted by atomic mass is 16.6. The van der Waals surface area contributed by atoms with Gasteiger partial charge in [0, 0.05) is 12.2 Å². The average molecular weight is 226 g/mol. The molecular weight excluding hydrogens is 204 g/mol. The summed E-state index contributed by atoms with van der Waals surface area (Å²) in [6.45, 7) is 10.0. The molecule has 0 saturated heterocycles. The Labute approximate surface area is 97.8 Å². The molecule has 0 amide bonds. The number of hydrogen-bond acceptors (Lipinski definition) is 3. The van der Waals surface area contributed by atoms with Gasteiger partial charge >= 0.3 is 5.97 Å². The summed E-state index contributed by atoms with van der Waals surface area (Å²) in [5, 5.41) is 0. The smallest absolute Gasteiger partial charge is 0.333 e. The molecule has 0 N–H and O–H groups in total. The van der Waals surface area contributed by atoms with Crippen LogP contribution in [0.1, 0.15) is 46.5 Å². The first kappa shape index (κ1) is 13.2. The van der Waals surface area contributed by atoms with Crippen LogP contribution in [0, 0.1) is 0 Å². The molecule has 1 aliphatic rings. The lowest BCUT2D eigenvalue weighted by molar-refractivity contribution is -0.159. The van der Waals surface area contributed by atoms with Crippen molar-refractivity contribution in [2.45, 2.75) is 58.2 Å². The van der Waals surface area contributed by atoms with Gasteiger partial charge in [-0.25, -0.2) is 4.79 Å². The molecule has 0 aromatic heterocycles. The third-order valence-corrected chi connectivity index (χ3v) is 3.08. The first-order valence-electron chi connectivity index (χ1n) is 5.97. The first-order chi connectivity index (χ1) is 7.47. The molecular formula is C13H22O3. The minimum atomic E-state index is -0.330. The Hall–Kier alpha value is -0.830. The summed E-state index contributed by atoms with van der Waals surface area (Å²) in [4.78, 5) is 11.5. The molecule has 1 fully saturated rings. The summed E-state index contributed by atoms with van der Waals surface area (Å²) in [6, 6.07) is 0. The van der Waals surface area contributed by atoms with E-state index in [4.69, 9.17) is 9.47 Å². The van der Waals surface area contributed by atoms with E-state index >= 15 is 0 Å². The monoisotopic (exact) mass is 226 g/mol. The maximum atomic E-state index is 11.5. The summed E-state index contributed by atoms with van der Waals surface area (Å²) < 4.78 is 11.0. The fraction of sp³-hybridized carbons (Fsp3) is 0.769. The van der Waals surface area contributed by atoms with Gasteiger partial charge in [-0.2, -0.15) is 0 Å². The first-order valence-corrected chi connectivity index (χ1v) is 5.97. The van der Waals surface area contributed by atoms with Gasteiger partial charge in [-0.1, -0.05) is 6.58 Å². The Morgan fingerprint density at radius 1 is 1.44 bits per heavy atom.